The summed E-state index contributed by atoms with van der Waals surface area (Å²) in [6.07, 6.45) is 9.29. The molecule has 0 aliphatic carbocycles. The highest BCUT2D eigenvalue weighted by Crippen LogP contribution is 2.38. The molecule has 3 heteroatoms. The van der Waals surface area contributed by atoms with Gasteiger partial charge in [0.25, 0.3) is 8.32 Å². The van der Waals surface area contributed by atoms with E-state index in [-0.39, 0.29) is 11.1 Å². The second-order valence-electron chi connectivity index (χ2n) is 9.16. The first-order valence-electron chi connectivity index (χ1n) is 11.9. The van der Waals surface area contributed by atoms with Crippen molar-refractivity contribution in [2.24, 2.45) is 0 Å². The summed E-state index contributed by atoms with van der Waals surface area (Å²) in [5, 5.41) is 3.28. The van der Waals surface area contributed by atoms with Crippen molar-refractivity contribution in [3.05, 3.63) is 72.8 Å². The third-order valence-corrected chi connectivity index (χ3v) is 11.0. The zero-order chi connectivity index (χ0) is 24.0. The van der Waals surface area contributed by atoms with E-state index in [0.717, 1.165) is 12.8 Å². The quantitative estimate of drug-likeness (QED) is 0.152. The monoisotopic (exact) mass is 520 g/mol. The average molecular weight is 522 g/mol. The first kappa shape index (κ1) is 27.2. The van der Waals surface area contributed by atoms with Gasteiger partial charge >= 0.3 is 0 Å². The predicted molar refractivity (Wildman–Crippen MR) is 150 cm³/mol. The highest BCUT2D eigenvalue weighted by atomic mass is 79.9. The maximum absolute atomic E-state index is 7.32. The van der Waals surface area contributed by atoms with Crippen LogP contribution in [0, 0.1) is 23.7 Å². The highest BCUT2D eigenvalue weighted by Gasteiger charge is 2.51. The second kappa shape index (κ2) is 14.3. The smallest absolute Gasteiger partial charge is 0.261 e. The molecule has 2 aromatic rings. The minimum Gasteiger partial charge on any atom is -0.401 e. The van der Waals surface area contributed by atoms with Crippen LogP contribution in [-0.4, -0.2) is 19.8 Å². The fourth-order valence-corrected chi connectivity index (χ4v) is 8.99. The van der Waals surface area contributed by atoms with Crippen molar-refractivity contribution in [1.82, 2.24) is 0 Å². The number of unbranched alkanes of at least 4 members (excludes halogenated alkanes) is 2. The van der Waals surface area contributed by atoms with E-state index < -0.39 is 8.32 Å². The van der Waals surface area contributed by atoms with Crippen molar-refractivity contribution in [1.29, 1.82) is 0 Å². The van der Waals surface area contributed by atoms with E-state index in [1.165, 1.54) is 23.2 Å². The largest absolute Gasteiger partial charge is 0.401 e. The molecule has 0 saturated carbocycles. The van der Waals surface area contributed by atoms with Crippen LogP contribution >= 0.6 is 15.9 Å². The molecule has 2 rings (SSSR count). The van der Waals surface area contributed by atoms with Crippen molar-refractivity contribution in [3.8, 4) is 23.7 Å². The molecule has 0 bridgehead atoms. The van der Waals surface area contributed by atoms with Crippen LogP contribution in [0.4, 0.5) is 0 Å². The summed E-state index contributed by atoms with van der Waals surface area (Å²) < 4.78 is 7.32. The molecule has 0 aliphatic rings. The molecule has 0 aliphatic heterocycles. The molecule has 2 aromatic carbocycles. The van der Waals surface area contributed by atoms with Crippen molar-refractivity contribution >= 4 is 34.6 Å². The maximum atomic E-state index is 7.32. The van der Waals surface area contributed by atoms with Crippen LogP contribution in [0.1, 0.15) is 59.8 Å². The summed E-state index contributed by atoms with van der Waals surface area (Å²) in [5.74, 6) is 12.3. The number of alkyl halides is 1. The summed E-state index contributed by atoms with van der Waals surface area (Å²) in [4.78, 5) is 0. The molecule has 0 heterocycles. The van der Waals surface area contributed by atoms with Crippen molar-refractivity contribution in [2.45, 2.75) is 70.9 Å². The van der Waals surface area contributed by atoms with Crippen molar-refractivity contribution in [3.63, 3.8) is 0 Å². The molecule has 1 atom stereocenters. The Balaban J connectivity index is 2.48. The number of rotatable bonds is 9. The molecule has 0 amide bonds. The molecule has 1 unspecified atom stereocenters. The fraction of sp³-hybridized carbons (Fsp3) is 0.400. The topological polar surface area (TPSA) is 9.23 Å². The van der Waals surface area contributed by atoms with Crippen LogP contribution in [-0.2, 0) is 4.43 Å². The Labute approximate surface area is 211 Å². The average Bonchev–Trinajstić information content (AvgIpc) is 2.82. The lowest BCUT2D eigenvalue weighted by molar-refractivity contribution is 0.218. The molecule has 0 aromatic heterocycles. The van der Waals surface area contributed by atoms with Gasteiger partial charge in [-0.3, -0.25) is 0 Å². The van der Waals surface area contributed by atoms with Crippen molar-refractivity contribution < 1.29 is 4.43 Å². The van der Waals surface area contributed by atoms with Crippen molar-refractivity contribution in [2.75, 3.05) is 5.33 Å². The van der Waals surface area contributed by atoms with E-state index in [9.17, 15) is 0 Å². The lowest BCUT2D eigenvalue weighted by atomic mass is 10.1. The Hall–Kier alpha value is -2.04. The Kier molecular flexibility index (Phi) is 11.8. The van der Waals surface area contributed by atoms with Gasteiger partial charge in [0, 0.05) is 0 Å². The van der Waals surface area contributed by atoms with E-state index in [4.69, 9.17) is 4.43 Å². The van der Waals surface area contributed by atoms with Gasteiger partial charge in [-0.1, -0.05) is 147 Å². The molecule has 0 radical (unpaired) electrons. The van der Waals surface area contributed by atoms with Crippen LogP contribution in [0.25, 0.3) is 0 Å². The zero-order valence-electron chi connectivity index (χ0n) is 20.5. The minimum absolute atomic E-state index is 0.0192. The number of benzene rings is 2. The number of hydrogen-bond acceptors (Lipinski definition) is 1. The Morgan fingerprint density at radius 2 is 1.52 bits per heavy atom. The van der Waals surface area contributed by atoms with Gasteiger partial charge in [0.1, 0.15) is 0 Å². The third-order valence-electron chi connectivity index (χ3n) is 5.70. The normalized spacial score (nSPS) is 12.5. The molecule has 174 valence electrons. The number of halogens is 1. The first-order valence-corrected chi connectivity index (χ1v) is 14.9. The Morgan fingerprint density at radius 1 is 0.909 bits per heavy atom. The SMILES string of the molecule is CCCCCC(/C=C/C#CCC#CCBr)O[Si](c1ccccc1)(c1ccccc1)C(C)(C)C. The van der Waals surface area contributed by atoms with E-state index >= 15 is 0 Å². The lowest BCUT2D eigenvalue weighted by Crippen LogP contribution is -2.67. The van der Waals surface area contributed by atoms with Gasteiger partial charge in [0.15, 0.2) is 0 Å². The minimum atomic E-state index is -2.59. The molecular formula is C30H37BrOSi. The van der Waals surface area contributed by atoms with Gasteiger partial charge in [0.05, 0.1) is 17.9 Å². The van der Waals surface area contributed by atoms with E-state index in [0.29, 0.717) is 11.8 Å². The van der Waals surface area contributed by atoms with Crippen LogP contribution < -0.4 is 10.4 Å². The van der Waals surface area contributed by atoms with Gasteiger partial charge in [-0.15, -0.1) is 0 Å². The Bertz CT molecular complexity index is 929. The van der Waals surface area contributed by atoms with E-state index in [2.05, 4.69) is 134 Å². The first-order chi connectivity index (χ1) is 16.0. The molecule has 1 nitrogen and oxygen atoms in total. The molecule has 0 spiro atoms. The predicted octanol–water partition coefficient (Wildman–Crippen LogP) is 6.86. The highest BCUT2D eigenvalue weighted by molar-refractivity contribution is 9.09. The summed E-state index contributed by atoms with van der Waals surface area (Å²) in [7, 11) is -2.59. The summed E-state index contributed by atoms with van der Waals surface area (Å²) in [5.41, 5.74) is 0. The third kappa shape index (κ3) is 8.04. The fourth-order valence-electron chi connectivity index (χ4n) is 4.13. The standard InChI is InChI=1S/C30H37BrOSi/c1-5-6-13-20-27(21-14-9-7-8-10-19-26-31)32-33(30(2,3)4,28-22-15-11-16-23-28)29-24-17-12-18-25-29/h11-12,14-18,21-25,27H,5-6,8,13,20,26H2,1-4H3/b21-14+. The summed E-state index contributed by atoms with van der Waals surface area (Å²) in [6, 6.07) is 21.7. The zero-order valence-corrected chi connectivity index (χ0v) is 23.1. The van der Waals surface area contributed by atoms with Gasteiger partial charge in [0.2, 0.25) is 0 Å². The van der Waals surface area contributed by atoms with E-state index in [1.54, 1.807) is 0 Å². The molecular weight excluding hydrogens is 484 g/mol. The Morgan fingerprint density at radius 3 is 2.03 bits per heavy atom. The maximum Gasteiger partial charge on any atom is 0.261 e. The molecule has 0 N–H and O–H groups in total. The number of allylic oxidation sites excluding steroid dienone is 1. The van der Waals surface area contributed by atoms with Crippen LogP contribution in [0.3, 0.4) is 0 Å². The lowest BCUT2D eigenvalue weighted by Gasteiger charge is -2.44. The summed E-state index contributed by atoms with van der Waals surface area (Å²) >= 11 is 3.31. The van der Waals surface area contributed by atoms with Gasteiger partial charge in [-0.25, -0.2) is 0 Å². The molecule has 0 saturated heterocycles. The van der Waals surface area contributed by atoms with Gasteiger partial charge < -0.3 is 4.43 Å². The van der Waals surface area contributed by atoms with Crippen LogP contribution in [0.5, 0.6) is 0 Å². The van der Waals surface area contributed by atoms with Gasteiger partial charge in [-0.05, 0) is 34.0 Å². The molecule has 33 heavy (non-hydrogen) atoms. The van der Waals surface area contributed by atoms with E-state index in [1.807, 2.05) is 6.08 Å². The molecule has 0 fully saturated rings. The number of hydrogen-bond donors (Lipinski definition) is 0. The second-order valence-corrected chi connectivity index (χ2v) is 14.0. The van der Waals surface area contributed by atoms with Gasteiger partial charge in [-0.2, -0.15) is 0 Å². The summed E-state index contributed by atoms with van der Waals surface area (Å²) in [6.45, 7) is 9.23. The van der Waals surface area contributed by atoms with Crippen LogP contribution in [0.2, 0.25) is 5.04 Å². The van der Waals surface area contributed by atoms with Crippen LogP contribution in [0.15, 0.2) is 72.8 Å².